The van der Waals surface area contributed by atoms with Crippen LogP contribution in [0.15, 0.2) is 54.6 Å². The Morgan fingerprint density at radius 2 is 2.03 bits per heavy atom. The first-order valence-corrected chi connectivity index (χ1v) is 13.3. The molecule has 0 radical (unpaired) electrons. The number of amides is 2. The highest BCUT2D eigenvalue weighted by molar-refractivity contribution is 7.22. The summed E-state index contributed by atoms with van der Waals surface area (Å²) in [5.74, 6) is 2.07. The van der Waals surface area contributed by atoms with Crippen LogP contribution in [0.3, 0.4) is 0 Å². The van der Waals surface area contributed by atoms with Crippen LogP contribution in [0.1, 0.15) is 48.3 Å². The number of nitrogen functional groups attached to an aromatic ring is 1. The number of aromatic nitrogens is 2. The Morgan fingerprint density at radius 3 is 2.62 bits per heavy atom. The molecule has 1 aliphatic rings. The van der Waals surface area contributed by atoms with Crippen LogP contribution in [0, 0.1) is 12.8 Å². The summed E-state index contributed by atoms with van der Waals surface area (Å²) in [7, 11) is 3.47. The molecule has 0 spiro atoms. The number of thiazole rings is 1. The summed E-state index contributed by atoms with van der Waals surface area (Å²) in [6, 6.07) is 8.58. The second kappa shape index (κ2) is 13.1. The fourth-order valence-electron chi connectivity index (χ4n) is 3.82. The van der Waals surface area contributed by atoms with Gasteiger partial charge in [-0.2, -0.15) is 0 Å². The third kappa shape index (κ3) is 7.97. The number of nitrogens with zero attached hydrogens (tertiary/aromatic N) is 3. The van der Waals surface area contributed by atoms with Crippen LogP contribution in [0.4, 0.5) is 10.9 Å². The van der Waals surface area contributed by atoms with Gasteiger partial charge in [0, 0.05) is 30.2 Å². The van der Waals surface area contributed by atoms with Gasteiger partial charge in [-0.25, -0.2) is 9.97 Å². The van der Waals surface area contributed by atoms with Crippen molar-refractivity contribution in [2.75, 3.05) is 24.1 Å². The van der Waals surface area contributed by atoms with Gasteiger partial charge in [0.15, 0.2) is 5.13 Å². The molecule has 0 saturated carbocycles. The summed E-state index contributed by atoms with van der Waals surface area (Å²) in [6.45, 7) is 11.2. The average molecular weight is 538 g/mol. The molecule has 1 fully saturated rings. The molecule has 194 valence electrons. The molecule has 1 unspecified atom stereocenters. The quantitative estimate of drug-likeness (QED) is 0.313. The molecule has 1 saturated heterocycles. The van der Waals surface area contributed by atoms with Crippen LogP contribution in [0.2, 0.25) is 0 Å². The normalized spacial score (nSPS) is 14.7. The minimum Gasteiger partial charge on any atom is -0.457 e. The van der Waals surface area contributed by atoms with Crippen LogP contribution in [-0.2, 0) is 4.79 Å². The maximum Gasteiger partial charge on any atom is 0.257 e. The van der Waals surface area contributed by atoms with Gasteiger partial charge < -0.3 is 15.4 Å². The maximum absolute atomic E-state index is 12.3. The van der Waals surface area contributed by atoms with E-state index in [1.165, 1.54) is 23.8 Å². The smallest absolute Gasteiger partial charge is 0.257 e. The number of hydrogen-bond acceptors (Lipinski definition) is 7. The molecular weight excluding hydrogens is 505 g/mol. The molecule has 3 N–H and O–H groups in total. The monoisotopic (exact) mass is 537 g/mol. The molecular formula is C27H32N5O3PS. The van der Waals surface area contributed by atoms with E-state index in [9.17, 15) is 9.59 Å². The third-order valence-corrected chi connectivity index (χ3v) is 6.77. The standard InChI is InChI=1S/C18H17N4O2PS.C9H15NO/c1-10-9-26-18(21-10)22-17(23)12-3-5-13(6-4-12)24-14-7-8-20-16(19)15(14)11(2)25;1-3-9(11)10-6-4-5-8(2)7-10/h3-9,25H,1-2H3,(H2,19,20)(H,21,22,23);3,8H,1,4-7H2,2H3. The van der Waals surface area contributed by atoms with Crippen molar-refractivity contribution in [3.63, 3.8) is 0 Å². The Labute approximate surface area is 223 Å². The first-order valence-electron chi connectivity index (χ1n) is 11.9. The molecule has 0 bridgehead atoms. The van der Waals surface area contributed by atoms with E-state index in [1.807, 2.05) is 24.1 Å². The van der Waals surface area contributed by atoms with E-state index in [1.54, 1.807) is 36.5 Å². The second-order valence-electron chi connectivity index (χ2n) is 8.80. The highest BCUT2D eigenvalue weighted by Crippen LogP contribution is 2.29. The highest BCUT2D eigenvalue weighted by atomic mass is 32.1. The van der Waals surface area contributed by atoms with Gasteiger partial charge in [0.25, 0.3) is 5.91 Å². The van der Waals surface area contributed by atoms with E-state index in [-0.39, 0.29) is 11.8 Å². The van der Waals surface area contributed by atoms with Crippen molar-refractivity contribution in [2.45, 2.75) is 33.6 Å². The SMILES string of the molecule is C=CC(=O)N1CCCC(C)C1.CC(=P)c1c(Oc2ccc(C(=O)Nc3nc(C)cs3)cc2)ccnc1N. The Kier molecular flexibility index (Phi) is 9.94. The molecule has 1 atom stereocenters. The van der Waals surface area contributed by atoms with Gasteiger partial charge in [0.1, 0.15) is 17.3 Å². The maximum atomic E-state index is 12.3. The minimum atomic E-state index is -0.218. The number of rotatable bonds is 6. The lowest BCUT2D eigenvalue weighted by molar-refractivity contribution is -0.127. The molecule has 1 aliphatic heterocycles. The summed E-state index contributed by atoms with van der Waals surface area (Å²) >= 11 is 1.39. The number of carbonyl (C=O) groups is 2. The van der Waals surface area contributed by atoms with E-state index in [0.717, 1.165) is 30.5 Å². The summed E-state index contributed by atoms with van der Waals surface area (Å²) in [4.78, 5) is 33.5. The molecule has 37 heavy (non-hydrogen) atoms. The Bertz CT molecular complexity index is 1280. The Balaban J connectivity index is 0.000000289. The summed E-state index contributed by atoms with van der Waals surface area (Å²) < 4.78 is 5.89. The van der Waals surface area contributed by atoms with Gasteiger partial charge in [-0.15, -0.1) is 20.2 Å². The highest BCUT2D eigenvalue weighted by Gasteiger charge is 2.18. The molecule has 1 aromatic carbocycles. The Hall–Kier alpha value is -3.55. The molecule has 2 aromatic heterocycles. The lowest BCUT2D eigenvalue weighted by atomic mass is 10.0. The molecule has 0 aliphatic carbocycles. The number of carbonyl (C=O) groups excluding carboxylic acids is 2. The number of benzene rings is 1. The molecule has 3 heterocycles. The number of anilines is 2. The van der Waals surface area contributed by atoms with E-state index in [4.69, 9.17) is 10.5 Å². The van der Waals surface area contributed by atoms with Crippen molar-refractivity contribution in [1.82, 2.24) is 14.9 Å². The lowest BCUT2D eigenvalue weighted by Gasteiger charge is -2.29. The number of likely N-dealkylation sites (tertiary alicyclic amines) is 1. The predicted molar refractivity (Wildman–Crippen MR) is 153 cm³/mol. The number of ether oxygens (including phenoxy) is 1. The van der Waals surface area contributed by atoms with E-state index < -0.39 is 0 Å². The zero-order valence-electron chi connectivity index (χ0n) is 21.3. The molecule has 8 nitrogen and oxygen atoms in total. The van der Waals surface area contributed by atoms with Crippen molar-refractivity contribution < 1.29 is 14.3 Å². The largest absolute Gasteiger partial charge is 0.457 e. The van der Waals surface area contributed by atoms with Crippen LogP contribution >= 0.6 is 20.2 Å². The lowest BCUT2D eigenvalue weighted by Crippen LogP contribution is -2.37. The fourth-order valence-corrected chi connectivity index (χ4v) is 4.76. The van der Waals surface area contributed by atoms with Crippen molar-refractivity contribution in [3.05, 3.63) is 71.4 Å². The van der Waals surface area contributed by atoms with Crippen LogP contribution < -0.4 is 15.8 Å². The molecule has 3 aromatic rings. The number of nitrogens with one attached hydrogen (secondary N) is 1. The first-order chi connectivity index (χ1) is 17.7. The minimum absolute atomic E-state index is 0.0801. The summed E-state index contributed by atoms with van der Waals surface area (Å²) in [6.07, 6.45) is 5.38. The van der Waals surface area contributed by atoms with Gasteiger partial charge in [-0.1, -0.05) is 13.5 Å². The van der Waals surface area contributed by atoms with Gasteiger partial charge >= 0.3 is 0 Å². The molecule has 4 rings (SSSR count). The second-order valence-corrected chi connectivity index (χ2v) is 10.4. The van der Waals surface area contributed by atoms with Crippen molar-refractivity contribution in [1.29, 1.82) is 0 Å². The van der Waals surface area contributed by atoms with E-state index in [0.29, 0.717) is 39.5 Å². The number of piperidine rings is 1. The van der Waals surface area contributed by atoms with Crippen LogP contribution in [0.25, 0.3) is 0 Å². The van der Waals surface area contributed by atoms with E-state index >= 15 is 0 Å². The predicted octanol–water partition coefficient (Wildman–Crippen LogP) is 5.59. The molecule has 10 heteroatoms. The average Bonchev–Trinajstić information content (AvgIpc) is 3.28. The zero-order chi connectivity index (χ0) is 26.9. The third-order valence-electron chi connectivity index (χ3n) is 5.64. The number of pyridine rings is 1. The van der Waals surface area contributed by atoms with Gasteiger partial charge in [0.2, 0.25) is 5.91 Å². The van der Waals surface area contributed by atoms with Crippen molar-refractivity contribution in [2.24, 2.45) is 5.92 Å². The summed E-state index contributed by atoms with van der Waals surface area (Å²) in [5.41, 5.74) is 8.00. The number of nitrogens with two attached hydrogens (primary N) is 1. The summed E-state index contributed by atoms with van der Waals surface area (Å²) in [5, 5.41) is 6.05. The van der Waals surface area contributed by atoms with Crippen molar-refractivity contribution in [3.8, 4) is 11.5 Å². The van der Waals surface area contributed by atoms with Gasteiger partial charge in [-0.3, -0.25) is 14.9 Å². The zero-order valence-corrected chi connectivity index (χ0v) is 23.1. The first kappa shape index (κ1) is 28.0. The van der Waals surface area contributed by atoms with Crippen LogP contribution in [0.5, 0.6) is 11.5 Å². The number of hydrogen-bond donors (Lipinski definition) is 2. The van der Waals surface area contributed by atoms with Crippen molar-refractivity contribution >= 4 is 48.3 Å². The Morgan fingerprint density at radius 1 is 1.30 bits per heavy atom. The topological polar surface area (TPSA) is 110 Å². The fraction of sp³-hybridized carbons (Fsp3) is 0.296. The number of aryl methyl sites for hydroxylation is 1. The van der Waals surface area contributed by atoms with Crippen LogP contribution in [-0.4, -0.2) is 45.1 Å². The van der Waals surface area contributed by atoms with Gasteiger partial charge in [0.05, 0.1) is 11.3 Å². The molecule has 2 amide bonds. The van der Waals surface area contributed by atoms with E-state index in [2.05, 4.69) is 37.7 Å². The van der Waals surface area contributed by atoms with Gasteiger partial charge in [-0.05, 0) is 74.3 Å².